The molecule has 106 valence electrons. The van der Waals surface area contributed by atoms with Crippen molar-refractivity contribution in [2.45, 2.75) is 19.3 Å². The van der Waals surface area contributed by atoms with E-state index in [1.807, 2.05) is 24.3 Å². The first kappa shape index (κ1) is 13.4. The lowest BCUT2D eigenvalue weighted by molar-refractivity contribution is -0.0427. The van der Waals surface area contributed by atoms with E-state index in [0.717, 1.165) is 37.6 Å². The van der Waals surface area contributed by atoms with Gasteiger partial charge in [-0.15, -0.1) is 0 Å². The highest BCUT2D eigenvalue weighted by Crippen LogP contribution is 2.23. The monoisotopic (exact) mass is 273 g/mol. The van der Waals surface area contributed by atoms with Crippen LogP contribution in [0.5, 0.6) is 0 Å². The van der Waals surface area contributed by atoms with Crippen molar-refractivity contribution in [3.05, 3.63) is 59.5 Å². The van der Waals surface area contributed by atoms with Crippen LogP contribution in [0.2, 0.25) is 0 Å². The number of ether oxygens (including phenoxy) is 1. The van der Waals surface area contributed by atoms with Gasteiger partial charge in [0.2, 0.25) is 0 Å². The van der Waals surface area contributed by atoms with Gasteiger partial charge in [0, 0.05) is 19.6 Å². The number of hydrogen-bond donors (Lipinski definition) is 1. The lowest BCUT2D eigenvalue weighted by Crippen LogP contribution is -2.37. The Balaban J connectivity index is 1.62. The first-order valence-corrected chi connectivity index (χ1v) is 6.91. The lowest BCUT2D eigenvalue weighted by atomic mass is 10.1. The SMILES string of the molecule is OCc1ccc(CN2CCOC(c3ccco3)C2)cc1. The molecule has 0 spiro atoms. The smallest absolute Gasteiger partial charge is 0.133 e. The molecular formula is C16H19NO3. The Morgan fingerprint density at radius 3 is 2.65 bits per heavy atom. The van der Waals surface area contributed by atoms with Crippen LogP contribution in [0.3, 0.4) is 0 Å². The molecule has 0 saturated carbocycles. The first-order valence-electron chi connectivity index (χ1n) is 6.91. The fourth-order valence-electron chi connectivity index (χ4n) is 2.50. The van der Waals surface area contributed by atoms with E-state index in [2.05, 4.69) is 17.0 Å². The van der Waals surface area contributed by atoms with Crippen LogP contribution in [0.4, 0.5) is 0 Å². The van der Waals surface area contributed by atoms with Crippen LogP contribution in [0.1, 0.15) is 23.0 Å². The van der Waals surface area contributed by atoms with E-state index < -0.39 is 0 Å². The highest BCUT2D eigenvalue weighted by Gasteiger charge is 2.23. The minimum Gasteiger partial charge on any atom is -0.467 e. The molecule has 1 atom stereocenters. The second-order valence-corrected chi connectivity index (χ2v) is 5.08. The largest absolute Gasteiger partial charge is 0.467 e. The summed E-state index contributed by atoms with van der Waals surface area (Å²) in [6.07, 6.45) is 1.71. The van der Waals surface area contributed by atoms with E-state index in [4.69, 9.17) is 14.3 Å². The van der Waals surface area contributed by atoms with E-state index in [-0.39, 0.29) is 12.7 Å². The molecule has 4 nitrogen and oxygen atoms in total. The molecule has 1 aromatic heterocycles. The third kappa shape index (κ3) is 3.10. The van der Waals surface area contributed by atoms with Crippen molar-refractivity contribution in [1.82, 2.24) is 4.90 Å². The second kappa shape index (κ2) is 6.22. The topological polar surface area (TPSA) is 45.8 Å². The summed E-state index contributed by atoms with van der Waals surface area (Å²) in [5.74, 6) is 0.894. The Morgan fingerprint density at radius 1 is 1.15 bits per heavy atom. The van der Waals surface area contributed by atoms with E-state index in [9.17, 15) is 0 Å². The van der Waals surface area contributed by atoms with Crippen molar-refractivity contribution in [2.75, 3.05) is 19.7 Å². The molecule has 1 fully saturated rings. The van der Waals surface area contributed by atoms with Gasteiger partial charge in [0.05, 0.1) is 19.5 Å². The molecule has 1 N–H and O–H groups in total. The van der Waals surface area contributed by atoms with E-state index in [1.54, 1.807) is 6.26 Å². The van der Waals surface area contributed by atoms with Gasteiger partial charge in [-0.1, -0.05) is 24.3 Å². The zero-order valence-corrected chi connectivity index (χ0v) is 11.4. The second-order valence-electron chi connectivity index (χ2n) is 5.08. The summed E-state index contributed by atoms with van der Waals surface area (Å²) in [5.41, 5.74) is 2.20. The summed E-state index contributed by atoms with van der Waals surface area (Å²) in [6, 6.07) is 11.9. The Bertz CT molecular complexity index is 521. The molecule has 2 aromatic rings. The summed E-state index contributed by atoms with van der Waals surface area (Å²) < 4.78 is 11.2. The Labute approximate surface area is 118 Å². The lowest BCUT2D eigenvalue weighted by Gasteiger charge is -2.32. The van der Waals surface area contributed by atoms with Crippen LogP contribution in [0.15, 0.2) is 47.1 Å². The molecule has 0 radical (unpaired) electrons. The molecule has 4 heteroatoms. The van der Waals surface area contributed by atoms with Crippen LogP contribution >= 0.6 is 0 Å². The van der Waals surface area contributed by atoms with Gasteiger partial charge in [0.15, 0.2) is 0 Å². The molecule has 0 bridgehead atoms. The standard InChI is InChI=1S/C16H19NO3/c18-12-14-5-3-13(4-6-14)10-17-7-9-20-16(11-17)15-2-1-8-19-15/h1-6,8,16,18H,7,9-12H2. The fourth-order valence-corrected chi connectivity index (χ4v) is 2.50. The van der Waals surface area contributed by atoms with Crippen molar-refractivity contribution in [1.29, 1.82) is 0 Å². The van der Waals surface area contributed by atoms with Crippen molar-refractivity contribution in [3.8, 4) is 0 Å². The minimum absolute atomic E-state index is 0.0236. The fraction of sp³-hybridized carbons (Fsp3) is 0.375. The molecule has 2 heterocycles. The Hall–Kier alpha value is -1.62. The highest BCUT2D eigenvalue weighted by molar-refractivity contribution is 5.22. The van der Waals surface area contributed by atoms with Gasteiger partial charge >= 0.3 is 0 Å². The van der Waals surface area contributed by atoms with Gasteiger partial charge in [-0.05, 0) is 23.3 Å². The maximum Gasteiger partial charge on any atom is 0.133 e. The van der Waals surface area contributed by atoms with Crippen LogP contribution in [0, 0.1) is 0 Å². The van der Waals surface area contributed by atoms with Gasteiger partial charge in [0.1, 0.15) is 11.9 Å². The van der Waals surface area contributed by atoms with Crippen LogP contribution in [-0.2, 0) is 17.9 Å². The van der Waals surface area contributed by atoms with E-state index in [0.29, 0.717) is 0 Å². The quantitative estimate of drug-likeness (QED) is 0.929. The van der Waals surface area contributed by atoms with Gasteiger partial charge in [-0.2, -0.15) is 0 Å². The predicted molar refractivity (Wildman–Crippen MR) is 75.0 cm³/mol. The van der Waals surface area contributed by atoms with Crippen LogP contribution in [0.25, 0.3) is 0 Å². The molecular weight excluding hydrogens is 254 g/mol. The summed E-state index contributed by atoms with van der Waals surface area (Å²) in [5, 5.41) is 9.05. The number of rotatable bonds is 4. The molecule has 3 rings (SSSR count). The number of nitrogens with zero attached hydrogens (tertiary/aromatic N) is 1. The Kier molecular flexibility index (Phi) is 4.16. The van der Waals surface area contributed by atoms with Crippen molar-refractivity contribution < 1.29 is 14.3 Å². The van der Waals surface area contributed by atoms with Crippen LogP contribution in [-0.4, -0.2) is 29.7 Å². The maximum atomic E-state index is 9.05. The predicted octanol–water partition coefficient (Wildman–Crippen LogP) is 2.35. The molecule has 20 heavy (non-hydrogen) atoms. The van der Waals surface area contributed by atoms with Gasteiger partial charge < -0.3 is 14.3 Å². The van der Waals surface area contributed by atoms with Gasteiger partial charge in [-0.3, -0.25) is 4.90 Å². The number of benzene rings is 1. The average Bonchev–Trinajstić information content (AvgIpc) is 3.03. The van der Waals surface area contributed by atoms with Crippen molar-refractivity contribution in [2.24, 2.45) is 0 Å². The number of aliphatic hydroxyl groups is 1. The molecule has 1 saturated heterocycles. The third-order valence-corrected chi connectivity index (χ3v) is 3.62. The molecule has 0 aliphatic carbocycles. The van der Waals surface area contributed by atoms with E-state index >= 15 is 0 Å². The minimum atomic E-state index is 0.0236. The summed E-state index contributed by atoms with van der Waals surface area (Å²) in [6.45, 7) is 3.49. The zero-order chi connectivity index (χ0) is 13.8. The molecule has 1 aliphatic rings. The summed E-state index contributed by atoms with van der Waals surface area (Å²) >= 11 is 0. The van der Waals surface area contributed by atoms with Gasteiger partial charge in [0.25, 0.3) is 0 Å². The number of aliphatic hydroxyl groups excluding tert-OH is 1. The maximum absolute atomic E-state index is 9.05. The molecule has 1 unspecified atom stereocenters. The van der Waals surface area contributed by atoms with Crippen molar-refractivity contribution in [3.63, 3.8) is 0 Å². The molecule has 1 aromatic carbocycles. The summed E-state index contributed by atoms with van der Waals surface area (Å²) in [7, 11) is 0. The molecule has 1 aliphatic heterocycles. The first-order chi connectivity index (χ1) is 9.85. The number of furan rings is 1. The third-order valence-electron chi connectivity index (χ3n) is 3.62. The highest BCUT2D eigenvalue weighted by atomic mass is 16.5. The zero-order valence-electron chi connectivity index (χ0n) is 11.4. The van der Waals surface area contributed by atoms with E-state index in [1.165, 1.54) is 5.56 Å². The average molecular weight is 273 g/mol. The normalized spacial score (nSPS) is 20.1. The molecule has 0 amide bonds. The number of morpholine rings is 1. The van der Waals surface area contributed by atoms with Crippen LogP contribution < -0.4 is 0 Å². The number of hydrogen-bond acceptors (Lipinski definition) is 4. The van der Waals surface area contributed by atoms with Gasteiger partial charge in [-0.25, -0.2) is 0 Å². The van der Waals surface area contributed by atoms with Crippen molar-refractivity contribution >= 4 is 0 Å². The Morgan fingerprint density at radius 2 is 1.95 bits per heavy atom. The summed E-state index contributed by atoms with van der Waals surface area (Å²) in [4.78, 5) is 2.37.